The van der Waals surface area contributed by atoms with Crippen LogP contribution in [0.25, 0.3) is 0 Å². The third kappa shape index (κ3) is 23.9. The number of rotatable bonds is 32. The van der Waals surface area contributed by atoms with Gasteiger partial charge in [-0.1, -0.05) is 0 Å². The minimum atomic E-state index is -6.23. The van der Waals surface area contributed by atoms with Gasteiger partial charge in [-0.05, 0) is 0 Å². The van der Waals surface area contributed by atoms with E-state index in [1.54, 1.807) is 0 Å². The molecule has 0 aromatic heterocycles. The Morgan fingerprint density at radius 3 is 0.817 bits per heavy atom. The van der Waals surface area contributed by atoms with Crippen LogP contribution in [0.15, 0.2) is 0 Å². The van der Waals surface area contributed by atoms with Crippen LogP contribution in [0.1, 0.15) is 20.8 Å². The largest absolute Gasteiger partial charge is 0.479 e. The summed E-state index contributed by atoms with van der Waals surface area (Å²) < 4.78 is 295. The molecule has 0 saturated carbocycles. The zero-order valence-electron chi connectivity index (χ0n) is 52.2. The Balaban J connectivity index is 1.44. The highest BCUT2D eigenvalue weighted by Crippen LogP contribution is 2.40. The standard InChI is InChI=1S/C43H67N3O52S6/c1-8(47)44-14-24(17(50)11(85-38(14)81-4)5-82-99(63,64)65)88-42-31(97-103(75,76)77)22(55)27(33(94-42)36(59)60)92-40-16(46-10(3)49)26(19(52)13(87-40)7-84-101(69,70)71)90-43-32(98-104(78,79)80)23(56)28(34(95-43)37(61)62)91-39-15(45-9(2)48)25(18(51)12(86-39)6-83-100(66,67)68)89-41-30(96-102(72,73)74)21(54)20(53)29(93-41)35(57)58/h11-34,38-43,50-56H,5-7H2,1-4H3,(H,44,47)(H,45,48)(H,46,49)(H,57,58)(H,59,60)(H,61,62)(H,63,64,65)(H,66,67,68)(H,69,70,71)(H,72,73,74)(H,75,76,77)(H,78,79,80)/t11-,12-,13-,14-,15-,16-,17+,18+,19+,20+,21+,22+,23+,24-,25-,26-,27+,28+,29+,30-,31-,32-,33+,34+,38-,39+,40+,41-,42-,43-/m1/s1. The van der Waals surface area contributed by atoms with Crippen LogP contribution in [0.5, 0.6) is 0 Å². The first-order valence-electron chi connectivity index (χ1n) is 28.4. The van der Waals surface area contributed by atoms with Crippen LogP contribution in [0.4, 0.5) is 0 Å². The van der Waals surface area contributed by atoms with E-state index in [1.807, 2.05) is 10.6 Å². The van der Waals surface area contributed by atoms with E-state index in [2.05, 4.69) is 30.4 Å². The molecule has 61 heteroatoms. The lowest BCUT2D eigenvalue weighted by Crippen LogP contribution is -2.72. The normalized spacial score (nSPS) is 39.2. The van der Waals surface area contributed by atoms with E-state index in [0.717, 1.165) is 14.0 Å². The van der Waals surface area contributed by atoms with Gasteiger partial charge in [-0.15, -0.1) is 0 Å². The molecule has 0 radical (unpaired) electrons. The molecule has 0 unspecified atom stereocenters. The second-order valence-corrected chi connectivity index (χ2v) is 28.8. The first-order valence-corrected chi connectivity index (χ1v) is 36.6. The summed E-state index contributed by atoms with van der Waals surface area (Å²) >= 11 is 0. The lowest BCUT2D eigenvalue weighted by atomic mass is 9.93. The van der Waals surface area contributed by atoms with Crippen LogP contribution < -0.4 is 16.0 Å². The first-order chi connectivity index (χ1) is 47.6. The number of aliphatic hydroxyl groups is 7. The summed E-state index contributed by atoms with van der Waals surface area (Å²) in [6.07, 6.45) is -75.1. The third-order valence-corrected chi connectivity index (χ3v) is 17.7. The molecule has 0 bridgehead atoms. The van der Waals surface area contributed by atoms with Crippen molar-refractivity contribution in [2.75, 3.05) is 26.9 Å². The van der Waals surface area contributed by atoms with Crippen molar-refractivity contribution >= 4 is 98.0 Å². The summed E-state index contributed by atoms with van der Waals surface area (Å²) in [5, 5.41) is 118. The second kappa shape index (κ2) is 34.9. The Hall–Kier alpha value is -4.72. The zero-order valence-corrected chi connectivity index (χ0v) is 57.1. The molecule has 0 aromatic rings. The van der Waals surface area contributed by atoms with Crippen molar-refractivity contribution in [2.24, 2.45) is 0 Å². The van der Waals surface area contributed by atoms with Gasteiger partial charge >= 0.3 is 80.3 Å². The number of carbonyl (C=O) groups is 6. The first kappa shape index (κ1) is 88.2. The number of carboxylic acid groups (broad SMARTS) is 3. The van der Waals surface area contributed by atoms with Crippen molar-refractivity contribution in [3.63, 3.8) is 0 Å². The van der Waals surface area contributed by atoms with Crippen LogP contribution >= 0.6 is 0 Å². The minimum absolute atomic E-state index is 0.606. The summed E-state index contributed by atoms with van der Waals surface area (Å²) in [6, 6.07) is -7.06. The van der Waals surface area contributed by atoms with Gasteiger partial charge in [0.2, 0.25) is 17.7 Å². The van der Waals surface area contributed by atoms with Crippen LogP contribution in [-0.2, 0) is 173 Å². The molecule has 6 heterocycles. The van der Waals surface area contributed by atoms with Gasteiger partial charge in [-0.2, -0.15) is 50.5 Å². The second-order valence-electron chi connectivity index (χ2n) is 22.4. The molecule has 104 heavy (non-hydrogen) atoms. The van der Waals surface area contributed by atoms with Gasteiger partial charge in [0, 0.05) is 27.9 Å². The van der Waals surface area contributed by atoms with E-state index in [-0.39, 0.29) is 0 Å². The van der Waals surface area contributed by atoms with E-state index in [0.29, 0.717) is 13.8 Å². The number of aliphatic carboxylic acids is 3. The SMILES string of the molecule is CO[C@@H]1O[C@H](COS(=O)(=O)O)[C@H](O)[C@H](O[C@@H]2O[C@H](C(=O)O)[C@@H](O[C@@H]3O[C@H](COS(=O)(=O)O)[C@H](O)[C@H](O[C@@H]4O[C@H](C(=O)O)[C@@H](O[C@@H]5O[C@H](COS(=O)(=O)O)[C@H](O)[C@H](O[C@@H]6O[C@H](C(=O)O)[C@@H](O)[C@H](O)[C@H]6OS(=O)(=O)O)[C@H]5NC(C)=O)[C@H](O)[C@H]4OS(=O)(=O)O)[C@H]3NC(C)=O)[C@H](O)[C@H]2OS(=O)(=O)O)[C@H]1NC(C)=O. The molecule has 602 valence electrons. The molecule has 6 aliphatic rings. The predicted octanol–water partition coefficient (Wildman–Crippen LogP) is -13.8. The highest BCUT2D eigenvalue weighted by molar-refractivity contribution is 7.82. The molecule has 55 nitrogen and oxygen atoms in total. The van der Waals surface area contributed by atoms with Gasteiger partial charge in [0.05, 0.1) is 19.8 Å². The quantitative estimate of drug-likeness (QED) is 0.0278. The lowest BCUT2D eigenvalue weighted by molar-refractivity contribution is -0.374. The molecule has 0 aliphatic carbocycles. The number of ether oxygens (including phenoxy) is 12. The summed E-state index contributed by atoms with van der Waals surface area (Å²) in [5.41, 5.74) is 0. The number of hydrogen-bond acceptors (Lipinski definition) is 43. The molecular weight excluding hydrogens is 1580 g/mol. The smallest absolute Gasteiger partial charge is 0.397 e. The van der Waals surface area contributed by atoms with Crippen molar-refractivity contribution in [2.45, 2.75) is 205 Å². The van der Waals surface area contributed by atoms with Crippen molar-refractivity contribution in [1.29, 1.82) is 0 Å². The number of methoxy groups -OCH3 is 1. The van der Waals surface area contributed by atoms with Crippen LogP contribution in [0, 0.1) is 0 Å². The zero-order chi connectivity index (χ0) is 78.8. The fourth-order valence-corrected chi connectivity index (χ4v) is 13.3. The van der Waals surface area contributed by atoms with E-state index in [4.69, 9.17) is 56.8 Å². The molecule has 6 aliphatic heterocycles. The van der Waals surface area contributed by atoms with Crippen LogP contribution in [0.2, 0.25) is 0 Å². The Bertz CT molecular complexity index is 3760. The van der Waals surface area contributed by atoms with E-state index >= 15 is 0 Å². The van der Waals surface area contributed by atoms with E-state index < -0.39 is 302 Å². The minimum Gasteiger partial charge on any atom is -0.479 e. The molecule has 0 spiro atoms. The number of carbonyl (C=O) groups excluding carboxylic acids is 3. The number of nitrogens with one attached hydrogen (secondary N) is 3. The topological polar surface area (TPSA) is 833 Å². The van der Waals surface area contributed by atoms with Crippen molar-refractivity contribution in [3.05, 3.63) is 0 Å². The molecule has 6 rings (SSSR count). The fraction of sp³-hybridized carbons (Fsp3) is 0.860. The number of carboxylic acids is 3. The molecule has 0 aromatic carbocycles. The van der Waals surface area contributed by atoms with Gasteiger partial charge in [0.1, 0.15) is 110 Å². The molecular formula is C43H67N3O52S6. The Morgan fingerprint density at radius 2 is 0.567 bits per heavy atom. The predicted molar refractivity (Wildman–Crippen MR) is 303 cm³/mol. The van der Waals surface area contributed by atoms with Crippen molar-refractivity contribution in [1.82, 2.24) is 16.0 Å². The monoisotopic (exact) mass is 1650 g/mol. The Kier molecular flexibility index (Phi) is 29.6. The maximum Gasteiger partial charge on any atom is 0.397 e. The average molecular weight is 1650 g/mol. The van der Waals surface area contributed by atoms with Crippen molar-refractivity contribution in [3.8, 4) is 0 Å². The van der Waals surface area contributed by atoms with E-state index in [9.17, 15) is 158 Å². The summed E-state index contributed by atoms with van der Waals surface area (Å²) in [5.74, 6) is -10.7. The number of aliphatic hydroxyl groups excluding tert-OH is 7. The van der Waals surface area contributed by atoms with Gasteiger partial charge < -0.3 is 124 Å². The molecule has 30 atom stereocenters. The lowest BCUT2D eigenvalue weighted by Gasteiger charge is -2.51. The third-order valence-electron chi connectivity index (χ3n) is 15.0. The highest BCUT2D eigenvalue weighted by atomic mass is 32.3. The van der Waals surface area contributed by atoms with Gasteiger partial charge in [0.15, 0.2) is 74.4 Å². The van der Waals surface area contributed by atoms with Gasteiger partial charge in [0.25, 0.3) is 0 Å². The Morgan fingerprint density at radius 1 is 0.317 bits per heavy atom. The number of hydrogen-bond donors (Lipinski definition) is 19. The maximum atomic E-state index is 13.4. The average Bonchev–Trinajstić information content (AvgIpc) is 0.760. The van der Waals surface area contributed by atoms with Crippen molar-refractivity contribution < 1.29 is 240 Å². The van der Waals surface area contributed by atoms with Gasteiger partial charge in [-0.25, -0.2) is 39.5 Å². The highest BCUT2D eigenvalue weighted by Gasteiger charge is 2.62. The fourth-order valence-electron chi connectivity index (χ4n) is 10.9. The molecule has 19 N–H and O–H groups in total. The van der Waals surface area contributed by atoms with Gasteiger partial charge in [-0.3, -0.25) is 41.7 Å². The summed E-state index contributed by atoms with van der Waals surface area (Å²) in [7, 11) is -34.0. The molecule has 3 amide bonds. The summed E-state index contributed by atoms with van der Waals surface area (Å²) in [6.45, 7) is -2.67. The summed E-state index contributed by atoms with van der Waals surface area (Å²) in [4.78, 5) is 77.2. The maximum absolute atomic E-state index is 13.4. The Labute approximate surface area is 583 Å². The molecule has 6 fully saturated rings. The van der Waals surface area contributed by atoms with E-state index in [1.165, 1.54) is 0 Å². The number of amides is 3. The molecule has 6 saturated heterocycles. The van der Waals surface area contributed by atoms with Crippen LogP contribution in [-0.4, -0.2) is 375 Å². The van der Waals surface area contributed by atoms with Crippen LogP contribution in [0.3, 0.4) is 0 Å².